The van der Waals surface area contributed by atoms with Crippen LogP contribution in [-0.4, -0.2) is 24.1 Å². The number of anilines is 1. The maximum Gasteiger partial charge on any atom is 0.129 e. The number of aromatic nitrogens is 1. The zero-order valence-corrected chi connectivity index (χ0v) is 10.5. The van der Waals surface area contributed by atoms with Gasteiger partial charge < -0.3 is 10.6 Å². The molecule has 1 saturated heterocycles. The van der Waals surface area contributed by atoms with Crippen LogP contribution in [0.4, 0.5) is 5.82 Å². The predicted molar refractivity (Wildman–Crippen MR) is 66.2 cm³/mol. The summed E-state index contributed by atoms with van der Waals surface area (Å²) >= 11 is 3.42. The van der Waals surface area contributed by atoms with Crippen molar-refractivity contribution in [3.8, 4) is 0 Å². The van der Waals surface area contributed by atoms with Crippen LogP contribution in [0.5, 0.6) is 0 Å². The Morgan fingerprint density at radius 1 is 1.47 bits per heavy atom. The molecule has 0 aliphatic carbocycles. The second kappa shape index (κ2) is 4.94. The van der Waals surface area contributed by atoms with Gasteiger partial charge in [-0.2, -0.15) is 0 Å². The molecule has 2 N–H and O–H groups in total. The largest absolute Gasteiger partial charge is 0.367 e. The monoisotopic (exact) mass is 269 g/mol. The summed E-state index contributed by atoms with van der Waals surface area (Å²) in [5, 5.41) is 6.86. The number of halogens is 1. The van der Waals surface area contributed by atoms with Crippen LogP contribution >= 0.6 is 15.9 Å². The summed E-state index contributed by atoms with van der Waals surface area (Å²) in [5.41, 5.74) is 1.20. The van der Waals surface area contributed by atoms with Gasteiger partial charge in [0, 0.05) is 16.7 Å². The van der Waals surface area contributed by atoms with Gasteiger partial charge in [0.1, 0.15) is 5.82 Å². The molecule has 2 rings (SSSR count). The molecule has 0 spiro atoms. The first-order valence-electron chi connectivity index (χ1n) is 5.35. The van der Waals surface area contributed by atoms with Crippen LogP contribution in [0.15, 0.2) is 16.7 Å². The number of aryl methyl sites for hydroxylation is 1. The van der Waals surface area contributed by atoms with Crippen LogP contribution in [0.1, 0.15) is 18.4 Å². The maximum absolute atomic E-state index is 4.39. The molecule has 2 heterocycles. The molecule has 15 heavy (non-hydrogen) atoms. The fraction of sp³-hybridized carbons (Fsp3) is 0.545. The number of hydrogen-bond acceptors (Lipinski definition) is 3. The number of pyridine rings is 1. The van der Waals surface area contributed by atoms with E-state index in [0.717, 1.165) is 23.4 Å². The molecule has 0 aromatic carbocycles. The van der Waals surface area contributed by atoms with Gasteiger partial charge in [-0.3, -0.25) is 0 Å². The Kier molecular flexibility index (Phi) is 3.59. The molecule has 0 amide bonds. The third-order valence-corrected chi connectivity index (χ3v) is 3.16. The molecule has 3 nitrogen and oxygen atoms in total. The van der Waals surface area contributed by atoms with Gasteiger partial charge in [0.15, 0.2) is 0 Å². The van der Waals surface area contributed by atoms with Crippen molar-refractivity contribution < 1.29 is 0 Å². The maximum atomic E-state index is 4.39. The Hall–Kier alpha value is -0.610. The first-order valence-corrected chi connectivity index (χ1v) is 6.14. The van der Waals surface area contributed by atoms with Gasteiger partial charge in [-0.05, 0) is 60.4 Å². The first-order chi connectivity index (χ1) is 7.25. The van der Waals surface area contributed by atoms with Crippen molar-refractivity contribution in [2.45, 2.75) is 25.8 Å². The third kappa shape index (κ3) is 2.92. The van der Waals surface area contributed by atoms with Crippen molar-refractivity contribution in [3.05, 3.63) is 22.3 Å². The zero-order chi connectivity index (χ0) is 10.7. The molecular formula is C11H16BrN3. The molecule has 82 valence electrons. The average molecular weight is 270 g/mol. The van der Waals surface area contributed by atoms with Gasteiger partial charge in [0.05, 0.1) is 0 Å². The lowest BCUT2D eigenvalue weighted by Gasteiger charge is -2.24. The fourth-order valence-corrected chi connectivity index (χ4v) is 2.30. The summed E-state index contributed by atoms with van der Waals surface area (Å²) < 4.78 is 1.04. The van der Waals surface area contributed by atoms with E-state index < -0.39 is 0 Å². The smallest absolute Gasteiger partial charge is 0.129 e. The van der Waals surface area contributed by atoms with E-state index in [1.807, 2.05) is 6.20 Å². The molecule has 4 heteroatoms. The molecule has 0 bridgehead atoms. The van der Waals surface area contributed by atoms with E-state index in [4.69, 9.17) is 0 Å². The van der Waals surface area contributed by atoms with Gasteiger partial charge in [0.2, 0.25) is 0 Å². The summed E-state index contributed by atoms with van der Waals surface area (Å²) in [4.78, 5) is 4.39. The third-order valence-electron chi connectivity index (χ3n) is 2.72. The van der Waals surface area contributed by atoms with Gasteiger partial charge >= 0.3 is 0 Å². The van der Waals surface area contributed by atoms with E-state index in [1.165, 1.54) is 18.4 Å². The highest BCUT2D eigenvalue weighted by atomic mass is 79.9. The first kappa shape index (κ1) is 10.9. The van der Waals surface area contributed by atoms with Gasteiger partial charge in [0.25, 0.3) is 0 Å². The molecule has 1 aliphatic rings. The Morgan fingerprint density at radius 3 is 2.87 bits per heavy atom. The van der Waals surface area contributed by atoms with Crippen LogP contribution in [0.25, 0.3) is 0 Å². The van der Waals surface area contributed by atoms with Crippen molar-refractivity contribution in [1.82, 2.24) is 10.3 Å². The van der Waals surface area contributed by atoms with E-state index in [0.29, 0.717) is 6.04 Å². The lowest BCUT2D eigenvalue weighted by Crippen LogP contribution is -2.35. The molecule has 0 radical (unpaired) electrons. The molecule has 1 aromatic heterocycles. The summed E-state index contributed by atoms with van der Waals surface area (Å²) in [7, 11) is 0. The van der Waals surface area contributed by atoms with Crippen LogP contribution in [0, 0.1) is 6.92 Å². The summed E-state index contributed by atoms with van der Waals surface area (Å²) in [5.74, 6) is 1.02. The lowest BCUT2D eigenvalue weighted by atomic mass is 10.1. The highest BCUT2D eigenvalue weighted by molar-refractivity contribution is 9.10. The fourth-order valence-electron chi connectivity index (χ4n) is 1.85. The second-order valence-electron chi connectivity index (χ2n) is 3.99. The van der Waals surface area contributed by atoms with E-state index in [2.05, 4.69) is 44.5 Å². The number of nitrogens with one attached hydrogen (secondary N) is 2. The minimum absolute atomic E-state index is 0.568. The minimum atomic E-state index is 0.568. The van der Waals surface area contributed by atoms with Crippen molar-refractivity contribution in [1.29, 1.82) is 0 Å². The second-order valence-corrected chi connectivity index (χ2v) is 4.90. The molecule has 1 fully saturated rings. The summed E-state index contributed by atoms with van der Waals surface area (Å²) in [6, 6.07) is 2.66. The molecule has 1 aromatic rings. The SMILES string of the molecule is Cc1cc(Br)cnc1NC1CCNCC1. The van der Waals surface area contributed by atoms with Crippen molar-refractivity contribution in [2.24, 2.45) is 0 Å². The van der Waals surface area contributed by atoms with Crippen molar-refractivity contribution in [2.75, 3.05) is 18.4 Å². The van der Waals surface area contributed by atoms with E-state index in [-0.39, 0.29) is 0 Å². The average Bonchev–Trinajstić information content (AvgIpc) is 2.24. The zero-order valence-electron chi connectivity index (χ0n) is 8.89. The standard InChI is InChI=1S/C11H16BrN3/c1-8-6-9(12)7-14-11(8)15-10-2-4-13-5-3-10/h6-7,10,13H,2-5H2,1H3,(H,14,15). The number of piperidine rings is 1. The minimum Gasteiger partial charge on any atom is -0.367 e. The number of rotatable bonds is 2. The van der Waals surface area contributed by atoms with E-state index in [9.17, 15) is 0 Å². The molecule has 0 saturated carbocycles. The molecular weight excluding hydrogens is 254 g/mol. The molecule has 0 unspecified atom stereocenters. The predicted octanol–water partition coefficient (Wildman–Crippen LogP) is 2.32. The van der Waals surface area contributed by atoms with Crippen LogP contribution < -0.4 is 10.6 Å². The van der Waals surface area contributed by atoms with Crippen molar-refractivity contribution in [3.63, 3.8) is 0 Å². The summed E-state index contributed by atoms with van der Waals surface area (Å²) in [6.45, 7) is 4.29. The topological polar surface area (TPSA) is 37.0 Å². The van der Waals surface area contributed by atoms with Crippen LogP contribution in [0.2, 0.25) is 0 Å². The van der Waals surface area contributed by atoms with E-state index in [1.54, 1.807) is 0 Å². The number of hydrogen-bond donors (Lipinski definition) is 2. The normalized spacial score (nSPS) is 17.7. The van der Waals surface area contributed by atoms with Crippen LogP contribution in [0.3, 0.4) is 0 Å². The van der Waals surface area contributed by atoms with Crippen molar-refractivity contribution >= 4 is 21.7 Å². The quantitative estimate of drug-likeness (QED) is 0.866. The van der Waals surface area contributed by atoms with Crippen LogP contribution in [-0.2, 0) is 0 Å². The highest BCUT2D eigenvalue weighted by Gasteiger charge is 2.13. The Bertz CT molecular complexity index is 335. The summed E-state index contributed by atoms with van der Waals surface area (Å²) in [6.07, 6.45) is 4.20. The Balaban J connectivity index is 2.03. The number of nitrogens with zero attached hydrogens (tertiary/aromatic N) is 1. The van der Waals surface area contributed by atoms with Gasteiger partial charge in [-0.25, -0.2) is 4.98 Å². The van der Waals surface area contributed by atoms with Gasteiger partial charge in [-0.15, -0.1) is 0 Å². The molecule has 1 aliphatic heterocycles. The molecule has 0 atom stereocenters. The van der Waals surface area contributed by atoms with Gasteiger partial charge in [-0.1, -0.05) is 0 Å². The highest BCUT2D eigenvalue weighted by Crippen LogP contribution is 2.19. The van der Waals surface area contributed by atoms with E-state index >= 15 is 0 Å². The Morgan fingerprint density at radius 2 is 2.20 bits per heavy atom. The lowest BCUT2D eigenvalue weighted by molar-refractivity contribution is 0.478. The Labute approximate surface area is 98.8 Å².